The molecule has 1 fully saturated rings. The molecule has 0 atom stereocenters. The van der Waals surface area contributed by atoms with Gasteiger partial charge in [0.2, 0.25) is 0 Å². The van der Waals surface area contributed by atoms with Crippen molar-refractivity contribution in [2.24, 2.45) is 0 Å². The molecule has 2 aromatic heterocycles. The first-order valence-electron chi connectivity index (χ1n) is 7.50. The fraction of sp³-hybridized carbons (Fsp3) is 0.167. The third-order valence-electron chi connectivity index (χ3n) is 3.66. The van der Waals surface area contributed by atoms with Gasteiger partial charge in [0, 0.05) is 35.6 Å². The van der Waals surface area contributed by atoms with E-state index in [-0.39, 0.29) is 0 Å². The van der Waals surface area contributed by atoms with E-state index in [0.29, 0.717) is 6.04 Å². The van der Waals surface area contributed by atoms with E-state index in [4.69, 9.17) is 4.98 Å². The van der Waals surface area contributed by atoms with Crippen LogP contribution >= 0.6 is 0 Å². The molecule has 4 heteroatoms. The summed E-state index contributed by atoms with van der Waals surface area (Å²) >= 11 is 0. The van der Waals surface area contributed by atoms with Crippen molar-refractivity contribution in [2.45, 2.75) is 18.9 Å². The highest BCUT2D eigenvalue weighted by atomic mass is 15.1. The minimum Gasteiger partial charge on any atom is -0.367 e. The normalized spacial score (nSPS) is 13.8. The molecule has 108 valence electrons. The largest absolute Gasteiger partial charge is 0.367 e. The van der Waals surface area contributed by atoms with Gasteiger partial charge in [0.05, 0.1) is 5.69 Å². The Hall–Kier alpha value is -2.75. The average Bonchev–Trinajstić information content (AvgIpc) is 3.40. The highest BCUT2D eigenvalue weighted by molar-refractivity contribution is 5.67. The molecule has 0 unspecified atom stereocenters. The molecule has 2 heterocycles. The third kappa shape index (κ3) is 2.81. The topological polar surface area (TPSA) is 50.7 Å². The van der Waals surface area contributed by atoms with E-state index in [1.165, 1.54) is 12.8 Å². The molecule has 3 aromatic rings. The predicted octanol–water partition coefficient (Wildman–Crippen LogP) is 3.78. The van der Waals surface area contributed by atoms with Crippen LogP contribution in [-0.4, -0.2) is 21.0 Å². The maximum absolute atomic E-state index is 4.72. The summed E-state index contributed by atoms with van der Waals surface area (Å²) in [5, 5.41) is 3.47. The Balaban J connectivity index is 1.80. The van der Waals surface area contributed by atoms with Gasteiger partial charge in [0.25, 0.3) is 0 Å². The molecule has 1 aromatic carbocycles. The van der Waals surface area contributed by atoms with Crippen molar-refractivity contribution in [3.05, 3.63) is 60.9 Å². The summed E-state index contributed by atoms with van der Waals surface area (Å²) in [6, 6.07) is 16.6. The first-order valence-corrected chi connectivity index (χ1v) is 7.50. The number of hydrogen-bond acceptors (Lipinski definition) is 4. The number of benzene rings is 1. The van der Waals surface area contributed by atoms with Crippen molar-refractivity contribution in [1.82, 2.24) is 15.0 Å². The molecule has 0 saturated heterocycles. The van der Waals surface area contributed by atoms with E-state index in [9.17, 15) is 0 Å². The van der Waals surface area contributed by atoms with Gasteiger partial charge in [-0.05, 0) is 25.0 Å². The number of aromatic nitrogens is 3. The maximum atomic E-state index is 4.72. The molecular formula is C18H16N4. The van der Waals surface area contributed by atoms with E-state index < -0.39 is 0 Å². The second-order valence-electron chi connectivity index (χ2n) is 5.48. The van der Waals surface area contributed by atoms with Crippen LogP contribution in [0.1, 0.15) is 12.8 Å². The van der Waals surface area contributed by atoms with Crippen LogP contribution in [0, 0.1) is 0 Å². The molecule has 1 aliphatic carbocycles. The third-order valence-corrected chi connectivity index (χ3v) is 3.66. The second-order valence-corrected chi connectivity index (χ2v) is 5.48. The van der Waals surface area contributed by atoms with E-state index in [0.717, 1.165) is 28.5 Å². The van der Waals surface area contributed by atoms with Gasteiger partial charge in [-0.25, -0.2) is 9.97 Å². The fourth-order valence-electron chi connectivity index (χ4n) is 2.34. The van der Waals surface area contributed by atoms with E-state index >= 15 is 0 Å². The predicted molar refractivity (Wildman–Crippen MR) is 87.3 cm³/mol. The van der Waals surface area contributed by atoms with E-state index in [2.05, 4.69) is 15.3 Å². The SMILES string of the molecule is c1ccc(-c2nc(NC3CC3)cc(-c3ccncc3)n2)cc1. The molecule has 0 spiro atoms. The van der Waals surface area contributed by atoms with Gasteiger partial charge in [-0.3, -0.25) is 4.98 Å². The van der Waals surface area contributed by atoms with Crippen molar-refractivity contribution in [3.8, 4) is 22.6 Å². The smallest absolute Gasteiger partial charge is 0.162 e. The molecule has 4 nitrogen and oxygen atoms in total. The molecule has 0 aliphatic heterocycles. The molecule has 1 N–H and O–H groups in total. The van der Waals surface area contributed by atoms with E-state index in [1.807, 2.05) is 48.5 Å². The van der Waals surface area contributed by atoms with Crippen molar-refractivity contribution in [2.75, 3.05) is 5.32 Å². The zero-order valence-corrected chi connectivity index (χ0v) is 12.1. The van der Waals surface area contributed by atoms with Gasteiger partial charge < -0.3 is 5.32 Å². The molecule has 0 bridgehead atoms. The zero-order chi connectivity index (χ0) is 14.8. The Labute approximate surface area is 129 Å². The fourth-order valence-corrected chi connectivity index (χ4v) is 2.34. The first kappa shape index (κ1) is 13.0. The molecule has 4 rings (SSSR count). The lowest BCUT2D eigenvalue weighted by Crippen LogP contribution is -2.05. The lowest BCUT2D eigenvalue weighted by Gasteiger charge is -2.09. The van der Waals surface area contributed by atoms with Gasteiger partial charge in [0.1, 0.15) is 5.82 Å². The summed E-state index contributed by atoms with van der Waals surface area (Å²) in [6.07, 6.45) is 6.01. The number of pyridine rings is 1. The second kappa shape index (κ2) is 5.56. The van der Waals surface area contributed by atoms with Crippen LogP contribution in [0.15, 0.2) is 60.9 Å². The van der Waals surface area contributed by atoms with Gasteiger partial charge in [-0.1, -0.05) is 30.3 Å². The average molecular weight is 288 g/mol. The minimum absolute atomic E-state index is 0.559. The maximum Gasteiger partial charge on any atom is 0.162 e. The van der Waals surface area contributed by atoms with Crippen LogP contribution in [0.2, 0.25) is 0 Å². The van der Waals surface area contributed by atoms with Gasteiger partial charge in [-0.15, -0.1) is 0 Å². The number of nitrogens with one attached hydrogen (secondary N) is 1. The summed E-state index contributed by atoms with van der Waals surface area (Å²) in [6.45, 7) is 0. The van der Waals surface area contributed by atoms with Gasteiger partial charge >= 0.3 is 0 Å². The molecule has 1 aliphatic rings. The highest BCUT2D eigenvalue weighted by Crippen LogP contribution is 2.28. The summed E-state index contributed by atoms with van der Waals surface area (Å²) in [5.74, 6) is 1.64. The Morgan fingerprint density at radius 2 is 1.64 bits per heavy atom. The molecule has 0 amide bonds. The summed E-state index contributed by atoms with van der Waals surface area (Å²) in [7, 11) is 0. The zero-order valence-electron chi connectivity index (χ0n) is 12.1. The van der Waals surface area contributed by atoms with Crippen molar-refractivity contribution in [1.29, 1.82) is 0 Å². The number of rotatable bonds is 4. The van der Waals surface area contributed by atoms with Crippen LogP contribution in [0.3, 0.4) is 0 Å². The Bertz CT molecular complexity index is 710. The first-order chi connectivity index (χ1) is 10.9. The number of anilines is 1. The highest BCUT2D eigenvalue weighted by Gasteiger charge is 2.22. The van der Waals surface area contributed by atoms with E-state index in [1.54, 1.807) is 12.4 Å². The van der Waals surface area contributed by atoms with Crippen molar-refractivity contribution < 1.29 is 0 Å². The number of hydrogen-bond donors (Lipinski definition) is 1. The summed E-state index contributed by atoms with van der Waals surface area (Å²) in [4.78, 5) is 13.5. The quantitative estimate of drug-likeness (QED) is 0.793. The van der Waals surface area contributed by atoms with Crippen molar-refractivity contribution >= 4 is 5.82 Å². The monoisotopic (exact) mass is 288 g/mol. The Morgan fingerprint density at radius 3 is 2.36 bits per heavy atom. The van der Waals surface area contributed by atoms with Crippen LogP contribution in [0.4, 0.5) is 5.82 Å². The van der Waals surface area contributed by atoms with Gasteiger partial charge in [0.15, 0.2) is 5.82 Å². The minimum atomic E-state index is 0.559. The van der Waals surface area contributed by atoms with Crippen LogP contribution < -0.4 is 5.32 Å². The molecule has 0 radical (unpaired) electrons. The number of nitrogens with zero attached hydrogens (tertiary/aromatic N) is 3. The lowest BCUT2D eigenvalue weighted by molar-refractivity contribution is 1.09. The standard InChI is InChI=1S/C18H16N4/c1-2-4-14(5-3-1)18-21-16(13-8-10-19-11-9-13)12-17(22-18)20-15-6-7-15/h1-5,8-12,15H,6-7H2,(H,20,21,22). The molecule has 1 saturated carbocycles. The Morgan fingerprint density at radius 1 is 0.864 bits per heavy atom. The van der Waals surface area contributed by atoms with Crippen LogP contribution in [0.25, 0.3) is 22.6 Å². The molecular weight excluding hydrogens is 272 g/mol. The summed E-state index contributed by atoms with van der Waals surface area (Å²) < 4.78 is 0. The Kier molecular flexibility index (Phi) is 3.27. The summed E-state index contributed by atoms with van der Waals surface area (Å²) in [5.41, 5.74) is 2.99. The van der Waals surface area contributed by atoms with Gasteiger partial charge in [-0.2, -0.15) is 0 Å². The van der Waals surface area contributed by atoms with Crippen LogP contribution in [-0.2, 0) is 0 Å². The van der Waals surface area contributed by atoms with Crippen LogP contribution in [0.5, 0.6) is 0 Å². The van der Waals surface area contributed by atoms with Crippen molar-refractivity contribution in [3.63, 3.8) is 0 Å². The lowest BCUT2D eigenvalue weighted by atomic mass is 10.1. The molecule has 22 heavy (non-hydrogen) atoms.